The Kier molecular flexibility index (Phi) is 3.45. The number of nitrogens with two attached hydrogens (primary N) is 1. The number of nitrogens with zero attached hydrogens (tertiary/aromatic N) is 2. The van der Waals surface area contributed by atoms with E-state index in [0.29, 0.717) is 28.7 Å². The zero-order chi connectivity index (χ0) is 14.1. The number of thiophene rings is 1. The van der Waals surface area contributed by atoms with Crippen molar-refractivity contribution in [3.05, 3.63) is 34.1 Å². The van der Waals surface area contributed by atoms with Gasteiger partial charge in [-0.2, -0.15) is 4.98 Å². The van der Waals surface area contributed by atoms with E-state index in [9.17, 15) is 0 Å². The van der Waals surface area contributed by atoms with Gasteiger partial charge in [-0.1, -0.05) is 5.16 Å². The number of methoxy groups -OCH3 is 1. The maximum Gasteiger partial charge on any atom is 0.260 e. The van der Waals surface area contributed by atoms with E-state index in [2.05, 4.69) is 26.1 Å². The number of anilines is 1. The lowest BCUT2D eigenvalue weighted by atomic mass is 10.1. The third-order valence-corrected chi connectivity index (χ3v) is 4.33. The van der Waals surface area contributed by atoms with Crippen LogP contribution in [0, 0.1) is 0 Å². The summed E-state index contributed by atoms with van der Waals surface area (Å²) in [7, 11) is 1.59. The molecule has 3 aromatic rings. The van der Waals surface area contributed by atoms with E-state index in [1.54, 1.807) is 36.6 Å². The standard InChI is InChI=1S/C13H10BrN3O2S/c1-18-7-2-3-8(9(15)6-7)13-16-12(17-19-13)10-4-5-11(14)20-10/h2-6H,15H2,1H3. The summed E-state index contributed by atoms with van der Waals surface area (Å²) in [6.45, 7) is 0. The van der Waals surface area contributed by atoms with Crippen LogP contribution in [-0.4, -0.2) is 17.3 Å². The molecule has 0 aliphatic rings. The molecule has 0 radical (unpaired) electrons. The fourth-order valence-electron chi connectivity index (χ4n) is 1.73. The molecule has 7 heteroatoms. The first-order valence-corrected chi connectivity index (χ1v) is 7.31. The molecule has 1 aromatic carbocycles. The lowest BCUT2D eigenvalue weighted by molar-refractivity contribution is 0.414. The molecule has 102 valence electrons. The van der Waals surface area contributed by atoms with Crippen LogP contribution in [0.5, 0.6) is 5.75 Å². The Hall–Kier alpha value is -1.86. The van der Waals surface area contributed by atoms with E-state index in [-0.39, 0.29) is 0 Å². The molecule has 3 rings (SSSR count). The molecule has 0 atom stereocenters. The van der Waals surface area contributed by atoms with E-state index in [0.717, 1.165) is 8.66 Å². The predicted octanol–water partition coefficient (Wildman–Crippen LogP) is 3.82. The van der Waals surface area contributed by atoms with E-state index in [4.69, 9.17) is 15.0 Å². The summed E-state index contributed by atoms with van der Waals surface area (Å²) < 4.78 is 11.4. The van der Waals surface area contributed by atoms with Crippen LogP contribution in [0.15, 0.2) is 38.6 Å². The summed E-state index contributed by atoms with van der Waals surface area (Å²) >= 11 is 4.95. The van der Waals surface area contributed by atoms with Crippen molar-refractivity contribution in [3.63, 3.8) is 0 Å². The van der Waals surface area contributed by atoms with Crippen molar-refractivity contribution < 1.29 is 9.26 Å². The lowest BCUT2D eigenvalue weighted by Gasteiger charge is -2.03. The molecule has 2 N–H and O–H groups in total. The lowest BCUT2D eigenvalue weighted by Crippen LogP contribution is -1.92. The van der Waals surface area contributed by atoms with Gasteiger partial charge < -0.3 is 15.0 Å². The molecule has 20 heavy (non-hydrogen) atoms. The molecule has 2 heterocycles. The summed E-state index contributed by atoms with van der Waals surface area (Å²) in [5, 5.41) is 3.98. The van der Waals surface area contributed by atoms with Gasteiger partial charge in [0, 0.05) is 11.8 Å². The first kappa shape index (κ1) is 13.1. The summed E-state index contributed by atoms with van der Waals surface area (Å²) in [5.74, 6) is 1.63. The predicted molar refractivity (Wildman–Crippen MR) is 81.7 cm³/mol. The fourth-order valence-corrected chi connectivity index (χ4v) is 3.04. The molecule has 0 aliphatic carbocycles. The molecular weight excluding hydrogens is 342 g/mol. The fraction of sp³-hybridized carbons (Fsp3) is 0.0769. The number of halogens is 1. The van der Waals surface area contributed by atoms with Crippen LogP contribution < -0.4 is 10.5 Å². The first-order valence-electron chi connectivity index (χ1n) is 5.70. The average molecular weight is 352 g/mol. The molecule has 0 unspecified atom stereocenters. The van der Waals surface area contributed by atoms with Gasteiger partial charge >= 0.3 is 0 Å². The Labute approximate surface area is 127 Å². The third kappa shape index (κ3) is 2.41. The molecule has 0 saturated carbocycles. The van der Waals surface area contributed by atoms with Gasteiger partial charge in [-0.05, 0) is 40.2 Å². The van der Waals surface area contributed by atoms with Gasteiger partial charge in [0.25, 0.3) is 5.89 Å². The van der Waals surface area contributed by atoms with Crippen molar-refractivity contribution in [1.29, 1.82) is 0 Å². The van der Waals surface area contributed by atoms with Gasteiger partial charge in [-0.3, -0.25) is 0 Å². The smallest absolute Gasteiger partial charge is 0.260 e. The normalized spacial score (nSPS) is 10.7. The number of hydrogen-bond donors (Lipinski definition) is 1. The van der Waals surface area contributed by atoms with Gasteiger partial charge in [0.15, 0.2) is 0 Å². The molecule has 0 spiro atoms. The quantitative estimate of drug-likeness (QED) is 0.726. The second-order valence-electron chi connectivity index (χ2n) is 3.98. The van der Waals surface area contributed by atoms with Gasteiger partial charge in [0.2, 0.25) is 5.82 Å². The van der Waals surface area contributed by atoms with Crippen LogP contribution in [-0.2, 0) is 0 Å². The van der Waals surface area contributed by atoms with E-state index < -0.39 is 0 Å². The van der Waals surface area contributed by atoms with E-state index in [1.165, 1.54) is 0 Å². The van der Waals surface area contributed by atoms with Crippen molar-refractivity contribution in [3.8, 4) is 27.9 Å². The number of hydrogen-bond acceptors (Lipinski definition) is 6. The molecule has 0 fully saturated rings. The van der Waals surface area contributed by atoms with Crippen LogP contribution >= 0.6 is 27.3 Å². The highest BCUT2D eigenvalue weighted by atomic mass is 79.9. The molecule has 5 nitrogen and oxygen atoms in total. The summed E-state index contributed by atoms with van der Waals surface area (Å²) in [6, 6.07) is 9.20. The Bertz CT molecular complexity index is 754. The van der Waals surface area contributed by atoms with Crippen LogP contribution in [0.2, 0.25) is 0 Å². The molecule has 0 saturated heterocycles. The minimum atomic E-state index is 0.393. The highest BCUT2D eigenvalue weighted by Gasteiger charge is 2.14. The van der Waals surface area contributed by atoms with Crippen LogP contribution in [0.1, 0.15) is 0 Å². The van der Waals surface area contributed by atoms with Gasteiger partial charge in [0.05, 0.1) is 21.3 Å². The second-order valence-corrected chi connectivity index (χ2v) is 6.44. The SMILES string of the molecule is COc1ccc(-c2nc(-c3ccc(Br)s3)no2)c(N)c1. The van der Waals surface area contributed by atoms with Crippen LogP contribution in [0.3, 0.4) is 0 Å². The number of rotatable bonds is 3. The highest BCUT2D eigenvalue weighted by Crippen LogP contribution is 2.33. The third-order valence-electron chi connectivity index (χ3n) is 2.71. The minimum Gasteiger partial charge on any atom is -0.497 e. The zero-order valence-electron chi connectivity index (χ0n) is 10.5. The second kappa shape index (κ2) is 5.26. The molecule has 0 bridgehead atoms. The van der Waals surface area contributed by atoms with Crippen molar-refractivity contribution >= 4 is 33.0 Å². The van der Waals surface area contributed by atoms with Gasteiger partial charge in [-0.15, -0.1) is 11.3 Å². The zero-order valence-corrected chi connectivity index (χ0v) is 12.9. The highest BCUT2D eigenvalue weighted by molar-refractivity contribution is 9.11. The van der Waals surface area contributed by atoms with Crippen molar-refractivity contribution in [2.75, 3.05) is 12.8 Å². The van der Waals surface area contributed by atoms with E-state index in [1.807, 2.05) is 12.1 Å². The maximum absolute atomic E-state index is 5.97. The van der Waals surface area contributed by atoms with Crippen molar-refractivity contribution in [2.45, 2.75) is 0 Å². The maximum atomic E-state index is 5.97. The Morgan fingerprint density at radius 2 is 2.15 bits per heavy atom. The Morgan fingerprint density at radius 1 is 1.30 bits per heavy atom. The average Bonchev–Trinajstić information content (AvgIpc) is 3.07. The minimum absolute atomic E-state index is 0.393. The van der Waals surface area contributed by atoms with Crippen LogP contribution in [0.25, 0.3) is 22.2 Å². The molecule has 0 amide bonds. The van der Waals surface area contributed by atoms with E-state index >= 15 is 0 Å². The topological polar surface area (TPSA) is 74.2 Å². The molecule has 0 aliphatic heterocycles. The summed E-state index contributed by atoms with van der Waals surface area (Å²) in [4.78, 5) is 5.30. The number of ether oxygens (including phenoxy) is 1. The monoisotopic (exact) mass is 351 g/mol. The summed E-state index contributed by atoms with van der Waals surface area (Å²) in [6.07, 6.45) is 0. The number of nitrogen functional groups attached to an aromatic ring is 1. The largest absolute Gasteiger partial charge is 0.497 e. The van der Waals surface area contributed by atoms with Crippen molar-refractivity contribution in [1.82, 2.24) is 10.1 Å². The Morgan fingerprint density at radius 3 is 2.80 bits per heavy atom. The van der Waals surface area contributed by atoms with Crippen molar-refractivity contribution in [2.24, 2.45) is 0 Å². The molecule has 2 aromatic heterocycles. The summed E-state index contributed by atoms with van der Waals surface area (Å²) in [5.41, 5.74) is 7.20. The van der Waals surface area contributed by atoms with Crippen LogP contribution in [0.4, 0.5) is 5.69 Å². The van der Waals surface area contributed by atoms with Gasteiger partial charge in [-0.25, -0.2) is 0 Å². The van der Waals surface area contributed by atoms with Gasteiger partial charge in [0.1, 0.15) is 5.75 Å². The molecular formula is C13H10BrN3O2S. The number of aromatic nitrogens is 2. The first-order chi connectivity index (χ1) is 9.67. The Balaban J connectivity index is 1.98. The number of benzene rings is 1.